The molecule has 1 fully saturated rings. The Balaban J connectivity index is 0.00000225. The summed E-state index contributed by atoms with van der Waals surface area (Å²) in [7, 11) is 2.73. The van der Waals surface area contributed by atoms with Crippen molar-refractivity contribution in [3.63, 3.8) is 0 Å². The van der Waals surface area contributed by atoms with Crippen molar-refractivity contribution in [3.8, 4) is 0 Å². The van der Waals surface area contributed by atoms with E-state index in [2.05, 4.69) is 0 Å². The van der Waals surface area contributed by atoms with Gasteiger partial charge in [-0.2, -0.15) is 0 Å². The average Bonchev–Trinajstić information content (AvgIpc) is 2.21. The van der Waals surface area contributed by atoms with E-state index in [0.29, 0.717) is 0 Å². The molecule has 0 aromatic heterocycles. The molecule has 0 bridgehead atoms. The molecule has 0 spiro atoms. The van der Waals surface area contributed by atoms with Crippen LogP contribution in [0.2, 0.25) is 0 Å². The molecule has 1 saturated heterocycles. The molecule has 0 radical (unpaired) electrons. The molecule has 1 aliphatic heterocycles. The summed E-state index contributed by atoms with van der Waals surface area (Å²) in [6.07, 6.45) is -3.72. The predicted molar refractivity (Wildman–Crippen MR) is 50.2 cm³/mol. The number of methoxy groups -OCH3 is 2. The summed E-state index contributed by atoms with van der Waals surface area (Å²) in [5.41, 5.74) is -1.53. The second kappa shape index (κ2) is 6.91. The topological polar surface area (TPSA) is 88.4 Å². The first-order valence-corrected chi connectivity index (χ1v) is 4.71. The van der Waals surface area contributed by atoms with E-state index in [0.717, 1.165) is 0 Å². The maximum atomic E-state index is 10.1. The van der Waals surface area contributed by atoms with Crippen LogP contribution in [-0.4, -0.2) is 66.3 Å². The van der Waals surface area contributed by atoms with E-state index in [4.69, 9.17) is 19.3 Å². The van der Waals surface area contributed by atoms with E-state index in [1.165, 1.54) is 21.1 Å². The van der Waals surface area contributed by atoms with Gasteiger partial charge in [0, 0.05) is 56.0 Å². The zero-order chi connectivity index (χ0) is 11.6. The van der Waals surface area contributed by atoms with Crippen LogP contribution in [0.25, 0.3) is 0 Å². The van der Waals surface area contributed by atoms with Crippen molar-refractivity contribution >= 4 is 0 Å². The van der Waals surface area contributed by atoms with E-state index in [1.54, 1.807) is 0 Å². The third-order valence-electron chi connectivity index (χ3n) is 2.75. The fraction of sp³-hybridized carbons (Fsp3) is 1.00. The van der Waals surface area contributed by atoms with Crippen molar-refractivity contribution in [2.24, 2.45) is 0 Å². The minimum atomic E-state index is -1.53. The molecular formula is C9H18CeO6. The van der Waals surface area contributed by atoms with Gasteiger partial charge in [-0.1, -0.05) is 0 Å². The first-order valence-electron chi connectivity index (χ1n) is 4.71. The molecule has 0 amide bonds. The molecule has 1 heterocycles. The van der Waals surface area contributed by atoms with Crippen molar-refractivity contribution in [1.82, 2.24) is 0 Å². The molecule has 0 aromatic rings. The number of aliphatic hydroxyl groups excluding tert-OH is 2. The third-order valence-corrected chi connectivity index (χ3v) is 2.75. The summed E-state index contributed by atoms with van der Waals surface area (Å²) in [5.74, 6) is 0. The number of aliphatic hydroxyl groups is 3. The van der Waals surface area contributed by atoms with Gasteiger partial charge in [0.2, 0.25) is 0 Å². The van der Waals surface area contributed by atoms with Crippen molar-refractivity contribution in [2.75, 3.05) is 20.8 Å². The van der Waals surface area contributed by atoms with Gasteiger partial charge in [0.05, 0.1) is 6.61 Å². The first kappa shape index (κ1) is 17.1. The van der Waals surface area contributed by atoms with E-state index < -0.39 is 30.2 Å². The van der Waals surface area contributed by atoms with Crippen LogP contribution in [0.1, 0.15) is 6.92 Å². The van der Waals surface area contributed by atoms with E-state index >= 15 is 0 Å². The summed E-state index contributed by atoms with van der Waals surface area (Å²) >= 11 is 0. The maximum Gasteiger partial charge on any atom is 0.186 e. The van der Waals surface area contributed by atoms with Gasteiger partial charge in [-0.05, 0) is 6.92 Å². The van der Waals surface area contributed by atoms with Crippen LogP contribution in [0, 0.1) is 41.7 Å². The van der Waals surface area contributed by atoms with Crippen LogP contribution in [0.5, 0.6) is 0 Å². The minimum absolute atomic E-state index is 0. The molecule has 3 unspecified atom stereocenters. The van der Waals surface area contributed by atoms with Crippen LogP contribution in [-0.2, 0) is 14.2 Å². The van der Waals surface area contributed by atoms with Crippen molar-refractivity contribution in [2.45, 2.75) is 37.1 Å². The van der Waals surface area contributed by atoms with Gasteiger partial charge in [0.1, 0.15) is 23.9 Å². The predicted octanol–water partition coefficient (Wildman–Crippen LogP) is -1.52. The van der Waals surface area contributed by atoms with E-state index in [1.807, 2.05) is 0 Å². The SMILES string of the molecule is CO[C@@H]1OC(CO)[C@H](OC)C(C)(O)C1O.[Ce]. The number of hydrogen-bond donors (Lipinski definition) is 3. The zero-order valence-corrected chi connectivity index (χ0v) is 12.7. The molecule has 5 atom stereocenters. The Morgan fingerprint density at radius 3 is 2.25 bits per heavy atom. The molecule has 1 aliphatic rings. The van der Waals surface area contributed by atoms with Crippen LogP contribution >= 0.6 is 0 Å². The summed E-state index contributed by atoms with van der Waals surface area (Å²) < 4.78 is 15.1. The van der Waals surface area contributed by atoms with Gasteiger partial charge >= 0.3 is 0 Å². The van der Waals surface area contributed by atoms with E-state index in [9.17, 15) is 10.2 Å². The van der Waals surface area contributed by atoms with Crippen LogP contribution in [0.15, 0.2) is 0 Å². The zero-order valence-electron chi connectivity index (χ0n) is 9.58. The number of hydrogen-bond acceptors (Lipinski definition) is 6. The van der Waals surface area contributed by atoms with Gasteiger partial charge in [-0.3, -0.25) is 0 Å². The Kier molecular flexibility index (Phi) is 7.40. The summed E-state index contributed by atoms with van der Waals surface area (Å²) in [4.78, 5) is 0. The van der Waals surface area contributed by atoms with Crippen LogP contribution in [0.3, 0.4) is 0 Å². The summed E-state index contributed by atoms with van der Waals surface area (Å²) in [6, 6.07) is 0. The van der Waals surface area contributed by atoms with Gasteiger partial charge in [-0.15, -0.1) is 0 Å². The third kappa shape index (κ3) is 3.12. The van der Waals surface area contributed by atoms with Gasteiger partial charge in [0.25, 0.3) is 0 Å². The molecule has 3 N–H and O–H groups in total. The molecular weight excluding hydrogens is 344 g/mol. The van der Waals surface area contributed by atoms with Crippen molar-refractivity contribution < 1.29 is 71.3 Å². The molecule has 6 nitrogen and oxygen atoms in total. The Morgan fingerprint density at radius 2 is 1.88 bits per heavy atom. The van der Waals surface area contributed by atoms with Crippen molar-refractivity contribution in [3.05, 3.63) is 0 Å². The van der Waals surface area contributed by atoms with Crippen LogP contribution < -0.4 is 0 Å². The number of rotatable bonds is 3. The standard InChI is InChI=1S/C9H18O6.Ce/c1-9(12)6(11)8(14-3)15-5(4-10)7(9)13-2;/h5-8,10-12H,4H2,1-3H3;/t5?,6?,7-,8+,9?;/m0./s1. The molecule has 0 aromatic carbocycles. The fourth-order valence-corrected chi connectivity index (χ4v) is 1.85. The Morgan fingerprint density at radius 1 is 1.31 bits per heavy atom. The summed E-state index contributed by atoms with van der Waals surface area (Å²) in [5, 5.41) is 28.9. The van der Waals surface area contributed by atoms with Gasteiger partial charge < -0.3 is 29.5 Å². The molecule has 94 valence electrons. The number of ether oxygens (including phenoxy) is 3. The minimum Gasteiger partial charge on any atom is -0.394 e. The molecule has 0 saturated carbocycles. The normalized spacial score (nSPS) is 43.9. The van der Waals surface area contributed by atoms with Gasteiger partial charge in [0.15, 0.2) is 6.29 Å². The Bertz CT molecular complexity index is 212. The second-order valence-electron chi connectivity index (χ2n) is 3.79. The van der Waals surface area contributed by atoms with Crippen molar-refractivity contribution in [1.29, 1.82) is 0 Å². The molecule has 16 heavy (non-hydrogen) atoms. The maximum absolute atomic E-state index is 10.1. The molecule has 7 heteroatoms. The smallest absolute Gasteiger partial charge is 0.186 e. The largest absolute Gasteiger partial charge is 0.394 e. The second-order valence-corrected chi connectivity index (χ2v) is 3.79. The van der Waals surface area contributed by atoms with E-state index in [-0.39, 0.29) is 48.4 Å². The fourth-order valence-electron chi connectivity index (χ4n) is 1.85. The Labute approximate surface area is 128 Å². The summed E-state index contributed by atoms with van der Waals surface area (Å²) in [6.45, 7) is 1.10. The monoisotopic (exact) mass is 362 g/mol. The van der Waals surface area contributed by atoms with Gasteiger partial charge in [-0.25, -0.2) is 0 Å². The quantitative estimate of drug-likeness (QED) is 0.565. The first-order chi connectivity index (χ1) is 6.98. The Hall–Kier alpha value is 1.14. The average molecular weight is 362 g/mol. The molecule has 1 rings (SSSR count). The molecule has 0 aliphatic carbocycles. The van der Waals surface area contributed by atoms with Crippen LogP contribution in [0.4, 0.5) is 0 Å².